The van der Waals surface area contributed by atoms with Gasteiger partial charge in [-0.25, -0.2) is 0 Å². The minimum Gasteiger partial charge on any atom is -0.325 e. The molecule has 1 aromatic heterocycles. The molecule has 2 N–H and O–H groups in total. The van der Waals surface area contributed by atoms with E-state index in [-0.39, 0.29) is 16.9 Å². The summed E-state index contributed by atoms with van der Waals surface area (Å²) in [7, 11) is 0. The van der Waals surface area contributed by atoms with Crippen molar-refractivity contribution in [2.24, 2.45) is 0 Å². The third-order valence-electron chi connectivity index (χ3n) is 2.46. The molecule has 1 aliphatic rings. The van der Waals surface area contributed by atoms with Gasteiger partial charge in [-0.3, -0.25) is 9.59 Å². The predicted octanol–water partition coefficient (Wildman–Crippen LogP) is 0.223. The van der Waals surface area contributed by atoms with Gasteiger partial charge in [0, 0.05) is 25.2 Å². The Hall–Kier alpha value is -1.42. The van der Waals surface area contributed by atoms with Crippen LogP contribution in [0.1, 0.15) is 28.5 Å². The number of nitrogens with one attached hydrogen (secondary N) is 2. The maximum atomic E-state index is 11.4. The number of carbonyl (C=O) groups is 1. The van der Waals surface area contributed by atoms with Crippen molar-refractivity contribution < 1.29 is 4.79 Å². The molecule has 74 valence electrons. The maximum Gasteiger partial charge on any atom is 0.259 e. The topological polar surface area (TPSA) is 62.0 Å². The first-order valence-electron chi connectivity index (χ1n) is 4.65. The number of rotatable bonds is 1. The third-order valence-corrected chi connectivity index (χ3v) is 2.46. The van der Waals surface area contributed by atoms with Gasteiger partial charge < -0.3 is 10.3 Å². The summed E-state index contributed by atoms with van der Waals surface area (Å²) in [6, 6.07) is 1.70. The summed E-state index contributed by atoms with van der Waals surface area (Å²) in [4.78, 5) is 25.3. The highest BCUT2D eigenvalue weighted by molar-refractivity contribution is 5.93. The first-order valence-corrected chi connectivity index (χ1v) is 4.65. The van der Waals surface area contributed by atoms with Gasteiger partial charge in [0.15, 0.2) is 5.78 Å². The van der Waals surface area contributed by atoms with Crippen molar-refractivity contribution in [3.05, 3.63) is 33.2 Å². The van der Waals surface area contributed by atoms with Crippen molar-refractivity contribution >= 4 is 5.78 Å². The molecule has 0 fully saturated rings. The Labute approximate surface area is 81.3 Å². The minimum atomic E-state index is -0.266. The van der Waals surface area contributed by atoms with Crippen LogP contribution >= 0.6 is 0 Å². The van der Waals surface area contributed by atoms with Crippen molar-refractivity contribution in [3.63, 3.8) is 0 Å². The standard InChI is InChI=1S/C10H12N2O2/c1-6(13)8-4-7-5-11-3-2-9(7)12-10(8)14/h4,11H,2-3,5H2,1H3,(H,12,14). The molecule has 0 spiro atoms. The molecule has 1 aromatic rings. The van der Waals surface area contributed by atoms with Gasteiger partial charge in [-0.2, -0.15) is 0 Å². The van der Waals surface area contributed by atoms with Gasteiger partial charge in [0.25, 0.3) is 5.56 Å². The quantitative estimate of drug-likeness (QED) is 0.626. The van der Waals surface area contributed by atoms with E-state index in [1.165, 1.54) is 6.92 Å². The van der Waals surface area contributed by atoms with Gasteiger partial charge in [0.1, 0.15) is 0 Å². The van der Waals surface area contributed by atoms with E-state index in [1.807, 2.05) is 0 Å². The molecule has 0 aromatic carbocycles. The fraction of sp³-hybridized carbons (Fsp3) is 0.400. The molecule has 2 rings (SSSR count). The predicted molar refractivity (Wildman–Crippen MR) is 52.5 cm³/mol. The Bertz CT molecular complexity index is 434. The fourth-order valence-electron chi connectivity index (χ4n) is 1.69. The molecule has 0 atom stereocenters. The molecular weight excluding hydrogens is 180 g/mol. The van der Waals surface area contributed by atoms with Crippen LogP contribution in [0.15, 0.2) is 10.9 Å². The molecule has 1 aliphatic heterocycles. The summed E-state index contributed by atoms with van der Waals surface area (Å²) < 4.78 is 0. The smallest absolute Gasteiger partial charge is 0.259 e. The van der Waals surface area contributed by atoms with E-state index in [1.54, 1.807) is 6.07 Å². The Balaban J connectivity index is 2.56. The van der Waals surface area contributed by atoms with E-state index < -0.39 is 0 Å². The molecule has 0 aliphatic carbocycles. The van der Waals surface area contributed by atoms with Crippen molar-refractivity contribution in [3.8, 4) is 0 Å². The minimum absolute atomic E-state index is 0.181. The summed E-state index contributed by atoms with van der Waals surface area (Å²) in [5.41, 5.74) is 1.98. The number of aromatic nitrogens is 1. The van der Waals surface area contributed by atoms with Crippen LogP contribution in [-0.4, -0.2) is 17.3 Å². The van der Waals surface area contributed by atoms with Gasteiger partial charge in [0.05, 0.1) is 5.56 Å². The normalized spacial score (nSPS) is 14.9. The van der Waals surface area contributed by atoms with E-state index in [0.717, 1.165) is 30.8 Å². The van der Waals surface area contributed by atoms with Crippen molar-refractivity contribution in [2.75, 3.05) is 6.54 Å². The fourth-order valence-corrected chi connectivity index (χ4v) is 1.69. The van der Waals surface area contributed by atoms with Gasteiger partial charge in [-0.05, 0) is 18.6 Å². The third kappa shape index (κ3) is 1.48. The second-order valence-corrected chi connectivity index (χ2v) is 3.50. The summed E-state index contributed by atoms with van der Waals surface area (Å²) >= 11 is 0. The molecule has 14 heavy (non-hydrogen) atoms. The zero-order valence-electron chi connectivity index (χ0n) is 8.02. The Morgan fingerprint density at radius 1 is 1.50 bits per heavy atom. The van der Waals surface area contributed by atoms with Gasteiger partial charge in [-0.15, -0.1) is 0 Å². The van der Waals surface area contributed by atoms with E-state index >= 15 is 0 Å². The zero-order chi connectivity index (χ0) is 10.1. The summed E-state index contributed by atoms with van der Waals surface area (Å²) in [6.07, 6.45) is 0.822. The molecular formula is C10H12N2O2. The lowest BCUT2D eigenvalue weighted by molar-refractivity contribution is 0.101. The van der Waals surface area contributed by atoms with Crippen molar-refractivity contribution in [2.45, 2.75) is 19.9 Å². The maximum absolute atomic E-state index is 11.4. The number of ketones is 1. The molecule has 0 unspecified atom stereocenters. The van der Waals surface area contributed by atoms with Crippen LogP contribution in [0.5, 0.6) is 0 Å². The highest BCUT2D eigenvalue weighted by Crippen LogP contribution is 2.10. The van der Waals surface area contributed by atoms with Crippen LogP contribution in [0.2, 0.25) is 0 Å². The largest absolute Gasteiger partial charge is 0.325 e. The number of hydrogen-bond donors (Lipinski definition) is 2. The SMILES string of the molecule is CC(=O)c1cc2c([nH]c1=O)CCNC2. The van der Waals surface area contributed by atoms with Crippen molar-refractivity contribution in [1.29, 1.82) is 0 Å². The molecule has 0 saturated carbocycles. The summed E-state index contributed by atoms with van der Waals surface area (Å²) in [5.74, 6) is -0.181. The monoisotopic (exact) mass is 192 g/mol. The molecule has 2 heterocycles. The number of carbonyl (C=O) groups excluding carboxylic acids is 1. The van der Waals surface area contributed by atoms with Crippen molar-refractivity contribution in [1.82, 2.24) is 10.3 Å². The van der Waals surface area contributed by atoms with Gasteiger partial charge in [-0.1, -0.05) is 0 Å². The average Bonchev–Trinajstić information content (AvgIpc) is 2.16. The number of aromatic amines is 1. The van der Waals surface area contributed by atoms with Crippen LogP contribution in [0.4, 0.5) is 0 Å². The number of H-pyrrole nitrogens is 1. The van der Waals surface area contributed by atoms with E-state index in [9.17, 15) is 9.59 Å². The summed E-state index contributed by atoms with van der Waals surface area (Å²) in [5, 5.41) is 3.19. The zero-order valence-corrected chi connectivity index (χ0v) is 8.02. The lowest BCUT2D eigenvalue weighted by Crippen LogP contribution is -2.29. The first kappa shape index (κ1) is 9.15. The number of hydrogen-bond acceptors (Lipinski definition) is 3. The number of pyridine rings is 1. The molecule has 0 bridgehead atoms. The number of Topliss-reactive ketones (excluding diaryl/α,β-unsaturated/α-hetero) is 1. The Kier molecular flexibility index (Phi) is 2.21. The summed E-state index contributed by atoms with van der Waals surface area (Å²) in [6.45, 7) is 3.02. The second-order valence-electron chi connectivity index (χ2n) is 3.50. The van der Waals surface area contributed by atoms with Crippen LogP contribution in [0, 0.1) is 0 Å². The van der Waals surface area contributed by atoms with Crippen LogP contribution in [-0.2, 0) is 13.0 Å². The van der Waals surface area contributed by atoms with Crippen LogP contribution in [0.25, 0.3) is 0 Å². The van der Waals surface area contributed by atoms with Crippen LogP contribution < -0.4 is 10.9 Å². The average molecular weight is 192 g/mol. The molecule has 4 nitrogen and oxygen atoms in total. The number of fused-ring (bicyclic) bond motifs is 1. The Morgan fingerprint density at radius 2 is 2.29 bits per heavy atom. The lowest BCUT2D eigenvalue weighted by atomic mass is 10.0. The molecule has 4 heteroatoms. The lowest BCUT2D eigenvalue weighted by Gasteiger charge is -2.16. The molecule has 0 amide bonds. The first-order chi connectivity index (χ1) is 6.68. The second kappa shape index (κ2) is 3.38. The highest BCUT2D eigenvalue weighted by Gasteiger charge is 2.13. The van der Waals surface area contributed by atoms with Crippen LogP contribution in [0.3, 0.4) is 0 Å². The van der Waals surface area contributed by atoms with E-state index in [4.69, 9.17) is 0 Å². The van der Waals surface area contributed by atoms with Gasteiger partial charge >= 0.3 is 0 Å². The van der Waals surface area contributed by atoms with E-state index in [2.05, 4.69) is 10.3 Å². The highest BCUT2D eigenvalue weighted by atomic mass is 16.1. The molecule has 0 saturated heterocycles. The Morgan fingerprint density at radius 3 is 3.00 bits per heavy atom. The molecule has 0 radical (unpaired) electrons. The van der Waals surface area contributed by atoms with E-state index in [0.29, 0.717) is 0 Å². The van der Waals surface area contributed by atoms with Gasteiger partial charge in [0.2, 0.25) is 0 Å².